The summed E-state index contributed by atoms with van der Waals surface area (Å²) in [5.74, 6) is 6.01. The molecule has 0 amide bonds. The lowest BCUT2D eigenvalue weighted by Crippen LogP contribution is -2.40. The van der Waals surface area contributed by atoms with Crippen molar-refractivity contribution in [3.63, 3.8) is 0 Å². The Balaban J connectivity index is 2.53. The summed E-state index contributed by atoms with van der Waals surface area (Å²) < 4.78 is 5.24. The Kier molecular flexibility index (Phi) is 4.25. The van der Waals surface area contributed by atoms with Crippen LogP contribution in [0, 0.1) is 0 Å². The Morgan fingerprint density at radius 2 is 2.23 bits per heavy atom. The van der Waals surface area contributed by atoms with Crippen LogP contribution in [-0.4, -0.2) is 43.4 Å². The second-order valence-electron chi connectivity index (χ2n) is 2.76. The van der Waals surface area contributed by atoms with Crippen molar-refractivity contribution in [3.05, 3.63) is 0 Å². The number of hydrogen-bond donors (Lipinski definition) is 1. The zero-order valence-corrected chi connectivity index (χ0v) is 7.94. The van der Waals surface area contributed by atoms with Crippen molar-refractivity contribution in [2.45, 2.75) is 13.3 Å². The molecule has 1 aliphatic heterocycles. The van der Waals surface area contributed by atoms with Crippen molar-refractivity contribution in [1.29, 1.82) is 0 Å². The minimum atomic E-state index is 0.777. The van der Waals surface area contributed by atoms with E-state index < -0.39 is 0 Å². The van der Waals surface area contributed by atoms with Gasteiger partial charge in [-0.3, -0.25) is 0 Å². The Labute approximate surface area is 78.3 Å². The molecule has 1 fully saturated rings. The van der Waals surface area contributed by atoms with Crippen molar-refractivity contribution < 1.29 is 4.74 Å². The largest absolute Gasteiger partial charge is 0.378 e. The molecular formula is C8H16N4O. The molecule has 0 bridgehead atoms. The zero-order valence-electron chi connectivity index (χ0n) is 7.94. The molecule has 0 aliphatic carbocycles. The summed E-state index contributed by atoms with van der Waals surface area (Å²) in [6.45, 7) is 5.44. The van der Waals surface area contributed by atoms with Crippen molar-refractivity contribution >= 4 is 12.2 Å². The summed E-state index contributed by atoms with van der Waals surface area (Å²) in [7, 11) is 0. The fraction of sp³-hybridized carbons (Fsp3) is 0.750. The molecule has 0 spiro atoms. The molecule has 1 rings (SSSR count). The third kappa shape index (κ3) is 3.02. The van der Waals surface area contributed by atoms with Gasteiger partial charge in [0, 0.05) is 19.5 Å². The molecule has 0 aromatic carbocycles. The number of hydrogen-bond acceptors (Lipinski definition) is 3. The number of ether oxygens (including phenoxy) is 1. The van der Waals surface area contributed by atoms with E-state index in [2.05, 4.69) is 21.9 Å². The molecule has 13 heavy (non-hydrogen) atoms. The molecule has 5 nitrogen and oxygen atoms in total. The lowest BCUT2D eigenvalue weighted by atomic mass is 10.3. The second kappa shape index (κ2) is 5.53. The van der Waals surface area contributed by atoms with E-state index in [0.717, 1.165) is 38.6 Å². The summed E-state index contributed by atoms with van der Waals surface area (Å²) >= 11 is 0. The number of morpholine rings is 1. The van der Waals surface area contributed by atoms with Gasteiger partial charge in [-0.25, -0.2) is 4.99 Å². The van der Waals surface area contributed by atoms with Gasteiger partial charge in [-0.05, 0) is 0 Å². The van der Waals surface area contributed by atoms with Crippen LogP contribution in [0.5, 0.6) is 0 Å². The first-order chi connectivity index (χ1) is 6.38. The monoisotopic (exact) mass is 184 g/mol. The zero-order chi connectivity index (χ0) is 9.52. The third-order valence-electron chi connectivity index (χ3n) is 1.97. The summed E-state index contributed by atoms with van der Waals surface area (Å²) in [5, 5.41) is 3.35. The quantitative estimate of drug-likeness (QED) is 0.285. The van der Waals surface area contributed by atoms with E-state index in [1.165, 1.54) is 6.34 Å². The predicted octanol–water partition coefficient (Wildman–Crippen LogP) is 0.0291. The fourth-order valence-corrected chi connectivity index (χ4v) is 1.32. The summed E-state index contributed by atoms with van der Waals surface area (Å²) in [5.41, 5.74) is 0. The Hall–Kier alpha value is -1.10. The van der Waals surface area contributed by atoms with E-state index in [1.807, 2.05) is 0 Å². The van der Waals surface area contributed by atoms with E-state index in [-0.39, 0.29) is 0 Å². The smallest absolute Gasteiger partial charge is 0.137 e. The molecule has 5 heteroatoms. The molecule has 1 aliphatic rings. The van der Waals surface area contributed by atoms with Gasteiger partial charge in [-0.2, -0.15) is 5.10 Å². The van der Waals surface area contributed by atoms with Gasteiger partial charge in [-0.1, -0.05) is 6.92 Å². The predicted molar refractivity (Wildman–Crippen MR) is 52.8 cm³/mol. The maximum atomic E-state index is 5.24. The van der Waals surface area contributed by atoms with E-state index in [9.17, 15) is 0 Å². The van der Waals surface area contributed by atoms with Gasteiger partial charge in [-0.15, -0.1) is 0 Å². The lowest BCUT2D eigenvalue weighted by Gasteiger charge is -2.29. The second-order valence-corrected chi connectivity index (χ2v) is 2.76. The standard InChI is InChI=1S/C8H16N4O/c1-2-8(10-7-11-9)12-3-5-13-6-4-12/h7H,2-6,9H2,1H3/b10-8+,11-7-. The molecule has 0 aromatic rings. The molecule has 1 saturated heterocycles. The highest BCUT2D eigenvalue weighted by Gasteiger charge is 2.12. The van der Waals surface area contributed by atoms with E-state index in [0.29, 0.717) is 0 Å². The molecular weight excluding hydrogens is 168 g/mol. The number of amidine groups is 1. The first-order valence-corrected chi connectivity index (χ1v) is 4.49. The van der Waals surface area contributed by atoms with E-state index >= 15 is 0 Å². The van der Waals surface area contributed by atoms with Crippen molar-refractivity contribution in [2.75, 3.05) is 26.3 Å². The average Bonchev–Trinajstić information content (AvgIpc) is 2.21. The maximum Gasteiger partial charge on any atom is 0.137 e. The average molecular weight is 184 g/mol. The van der Waals surface area contributed by atoms with Crippen LogP contribution in [-0.2, 0) is 4.74 Å². The van der Waals surface area contributed by atoms with Crippen LogP contribution in [0.15, 0.2) is 10.1 Å². The molecule has 0 saturated carbocycles. The Morgan fingerprint density at radius 1 is 1.54 bits per heavy atom. The first kappa shape index (κ1) is 9.98. The van der Waals surface area contributed by atoms with Crippen molar-refractivity contribution in [2.24, 2.45) is 15.9 Å². The van der Waals surface area contributed by atoms with Crippen LogP contribution in [0.3, 0.4) is 0 Å². The number of nitrogens with zero attached hydrogens (tertiary/aromatic N) is 3. The van der Waals surface area contributed by atoms with Crippen LogP contribution in [0.2, 0.25) is 0 Å². The number of rotatable bonds is 2. The number of aliphatic imine (C=N–C) groups is 1. The summed E-state index contributed by atoms with van der Waals surface area (Å²) in [4.78, 5) is 6.35. The van der Waals surface area contributed by atoms with E-state index in [4.69, 9.17) is 10.6 Å². The molecule has 0 unspecified atom stereocenters. The van der Waals surface area contributed by atoms with E-state index in [1.54, 1.807) is 0 Å². The lowest BCUT2D eigenvalue weighted by molar-refractivity contribution is 0.0674. The van der Waals surface area contributed by atoms with Gasteiger partial charge in [0.05, 0.1) is 13.2 Å². The van der Waals surface area contributed by atoms with Gasteiger partial charge < -0.3 is 15.5 Å². The van der Waals surface area contributed by atoms with Gasteiger partial charge in [0.2, 0.25) is 0 Å². The topological polar surface area (TPSA) is 63.2 Å². The Bertz CT molecular complexity index is 196. The number of hydrazone groups is 1. The highest BCUT2D eigenvalue weighted by atomic mass is 16.5. The molecule has 2 N–H and O–H groups in total. The van der Waals surface area contributed by atoms with Crippen LogP contribution < -0.4 is 5.84 Å². The fourth-order valence-electron chi connectivity index (χ4n) is 1.32. The van der Waals surface area contributed by atoms with Crippen molar-refractivity contribution in [3.8, 4) is 0 Å². The summed E-state index contributed by atoms with van der Waals surface area (Å²) in [6, 6.07) is 0. The van der Waals surface area contributed by atoms with Crippen LogP contribution >= 0.6 is 0 Å². The SMILES string of the molecule is CC/C(=N\C=N/N)N1CCOCC1. The van der Waals surface area contributed by atoms with Gasteiger partial charge >= 0.3 is 0 Å². The Morgan fingerprint density at radius 3 is 2.77 bits per heavy atom. The summed E-state index contributed by atoms with van der Waals surface area (Å²) in [6.07, 6.45) is 2.28. The molecule has 0 atom stereocenters. The van der Waals surface area contributed by atoms with Gasteiger partial charge in [0.25, 0.3) is 0 Å². The van der Waals surface area contributed by atoms with Gasteiger partial charge in [0.1, 0.15) is 12.2 Å². The minimum Gasteiger partial charge on any atom is -0.378 e. The molecule has 0 aromatic heterocycles. The van der Waals surface area contributed by atoms with Crippen LogP contribution in [0.4, 0.5) is 0 Å². The molecule has 0 radical (unpaired) electrons. The first-order valence-electron chi connectivity index (χ1n) is 4.49. The highest BCUT2D eigenvalue weighted by molar-refractivity contribution is 5.88. The number of nitrogens with two attached hydrogens (primary N) is 1. The normalized spacial score (nSPS) is 19.8. The van der Waals surface area contributed by atoms with Crippen LogP contribution in [0.1, 0.15) is 13.3 Å². The minimum absolute atomic E-state index is 0.777. The van der Waals surface area contributed by atoms with Crippen molar-refractivity contribution in [1.82, 2.24) is 4.90 Å². The third-order valence-corrected chi connectivity index (χ3v) is 1.97. The van der Waals surface area contributed by atoms with Gasteiger partial charge in [0.15, 0.2) is 0 Å². The maximum absolute atomic E-state index is 5.24. The van der Waals surface area contributed by atoms with Crippen LogP contribution in [0.25, 0.3) is 0 Å². The highest BCUT2D eigenvalue weighted by Crippen LogP contribution is 2.01. The molecule has 1 heterocycles. The molecule has 74 valence electrons.